The summed E-state index contributed by atoms with van der Waals surface area (Å²) in [6.07, 6.45) is 4.87. The Kier molecular flexibility index (Phi) is 3.64. The van der Waals surface area contributed by atoms with E-state index in [1.54, 1.807) is 0 Å². The SMILES string of the molecule is O=C(OCc1ccccc1)C1C=CCc2ccccc21. The van der Waals surface area contributed by atoms with E-state index >= 15 is 0 Å². The van der Waals surface area contributed by atoms with Crippen molar-refractivity contribution in [3.8, 4) is 0 Å². The lowest BCUT2D eigenvalue weighted by atomic mass is 9.88. The van der Waals surface area contributed by atoms with Crippen LogP contribution in [0.2, 0.25) is 0 Å². The standard InChI is InChI=1S/C18H16O2/c19-18(20-13-14-7-2-1-3-8-14)17-12-6-10-15-9-4-5-11-16(15)17/h1-9,11-12,17H,10,13H2. The number of carbonyl (C=O) groups excluding carboxylic acids is 1. The van der Waals surface area contributed by atoms with Crippen molar-refractivity contribution in [2.45, 2.75) is 18.9 Å². The van der Waals surface area contributed by atoms with Gasteiger partial charge in [0.2, 0.25) is 0 Å². The molecule has 0 N–H and O–H groups in total. The van der Waals surface area contributed by atoms with Crippen LogP contribution in [0.1, 0.15) is 22.6 Å². The molecule has 1 unspecified atom stereocenters. The highest BCUT2D eigenvalue weighted by Gasteiger charge is 2.23. The van der Waals surface area contributed by atoms with Gasteiger partial charge >= 0.3 is 5.97 Å². The van der Waals surface area contributed by atoms with E-state index in [0.717, 1.165) is 17.5 Å². The van der Waals surface area contributed by atoms with Crippen LogP contribution in [0, 0.1) is 0 Å². The molecule has 100 valence electrons. The normalized spacial score (nSPS) is 16.5. The number of esters is 1. The molecule has 1 aliphatic rings. The van der Waals surface area contributed by atoms with Crippen molar-refractivity contribution in [3.05, 3.63) is 83.4 Å². The zero-order valence-corrected chi connectivity index (χ0v) is 11.2. The van der Waals surface area contributed by atoms with Gasteiger partial charge in [0.25, 0.3) is 0 Å². The van der Waals surface area contributed by atoms with E-state index in [0.29, 0.717) is 6.61 Å². The highest BCUT2D eigenvalue weighted by Crippen LogP contribution is 2.28. The van der Waals surface area contributed by atoms with Gasteiger partial charge in [-0.25, -0.2) is 0 Å². The Labute approximate surface area is 118 Å². The van der Waals surface area contributed by atoms with Crippen LogP contribution in [0.3, 0.4) is 0 Å². The molecule has 1 atom stereocenters. The summed E-state index contributed by atoms with van der Waals surface area (Å²) < 4.78 is 5.43. The summed E-state index contributed by atoms with van der Waals surface area (Å²) in [7, 11) is 0. The van der Waals surface area contributed by atoms with E-state index in [1.807, 2.05) is 60.7 Å². The number of rotatable bonds is 3. The first-order valence-electron chi connectivity index (χ1n) is 6.79. The zero-order valence-electron chi connectivity index (χ0n) is 11.2. The molecule has 1 aliphatic carbocycles. The predicted octanol–water partition coefficient (Wildman–Crippen LogP) is 3.63. The van der Waals surface area contributed by atoms with Gasteiger partial charge in [0.05, 0.1) is 0 Å². The molecule has 2 heteroatoms. The van der Waals surface area contributed by atoms with Crippen molar-refractivity contribution in [2.24, 2.45) is 0 Å². The van der Waals surface area contributed by atoms with Gasteiger partial charge in [0.15, 0.2) is 0 Å². The molecular formula is C18H16O2. The van der Waals surface area contributed by atoms with E-state index in [4.69, 9.17) is 4.74 Å². The van der Waals surface area contributed by atoms with Gasteiger partial charge in [-0.2, -0.15) is 0 Å². The van der Waals surface area contributed by atoms with E-state index in [9.17, 15) is 4.79 Å². The minimum Gasteiger partial charge on any atom is -0.460 e. The maximum atomic E-state index is 12.3. The molecule has 0 spiro atoms. The Morgan fingerprint density at radius 3 is 2.65 bits per heavy atom. The van der Waals surface area contributed by atoms with Crippen molar-refractivity contribution in [1.82, 2.24) is 0 Å². The molecule has 0 heterocycles. The van der Waals surface area contributed by atoms with E-state index < -0.39 is 0 Å². The third kappa shape index (κ3) is 2.64. The number of fused-ring (bicyclic) bond motifs is 1. The van der Waals surface area contributed by atoms with Crippen molar-refractivity contribution in [1.29, 1.82) is 0 Å². The molecule has 0 aromatic heterocycles. The van der Waals surface area contributed by atoms with Crippen LogP contribution in [-0.4, -0.2) is 5.97 Å². The fourth-order valence-corrected chi connectivity index (χ4v) is 2.48. The summed E-state index contributed by atoms with van der Waals surface area (Å²) in [5, 5.41) is 0. The summed E-state index contributed by atoms with van der Waals surface area (Å²) >= 11 is 0. The summed E-state index contributed by atoms with van der Waals surface area (Å²) in [5.74, 6) is -0.457. The molecule has 0 saturated carbocycles. The van der Waals surface area contributed by atoms with Gasteiger partial charge in [-0.15, -0.1) is 0 Å². The molecule has 0 bridgehead atoms. The van der Waals surface area contributed by atoms with Gasteiger partial charge in [0.1, 0.15) is 12.5 Å². The van der Waals surface area contributed by atoms with Crippen molar-refractivity contribution in [2.75, 3.05) is 0 Å². The molecule has 2 aromatic carbocycles. The Hall–Kier alpha value is -2.35. The summed E-state index contributed by atoms with van der Waals surface area (Å²) in [5.41, 5.74) is 3.28. The van der Waals surface area contributed by atoms with E-state index in [-0.39, 0.29) is 11.9 Å². The van der Waals surface area contributed by atoms with Crippen LogP contribution in [0.4, 0.5) is 0 Å². The van der Waals surface area contributed by atoms with Gasteiger partial charge in [-0.3, -0.25) is 4.79 Å². The predicted molar refractivity (Wildman–Crippen MR) is 78.3 cm³/mol. The van der Waals surface area contributed by atoms with Crippen molar-refractivity contribution < 1.29 is 9.53 Å². The second-order valence-corrected chi connectivity index (χ2v) is 4.90. The van der Waals surface area contributed by atoms with Crippen LogP contribution in [0.5, 0.6) is 0 Å². The fourth-order valence-electron chi connectivity index (χ4n) is 2.48. The van der Waals surface area contributed by atoms with Gasteiger partial charge in [0, 0.05) is 0 Å². The Bertz CT molecular complexity index is 629. The second kappa shape index (κ2) is 5.74. The number of ether oxygens (including phenoxy) is 1. The first kappa shape index (κ1) is 12.7. The topological polar surface area (TPSA) is 26.3 Å². The number of allylic oxidation sites excluding steroid dienone is 1. The van der Waals surface area contributed by atoms with Crippen LogP contribution < -0.4 is 0 Å². The first-order valence-corrected chi connectivity index (χ1v) is 6.79. The third-order valence-corrected chi connectivity index (χ3v) is 3.53. The number of carbonyl (C=O) groups is 1. The van der Waals surface area contributed by atoms with E-state index in [2.05, 4.69) is 6.07 Å². The second-order valence-electron chi connectivity index (χ2n) is 4.90. The minimum atomic E-state index is -0.274. The average molecular weight is 264 g/mol. The Balaban J connectivity index is 1.71. The third-order valence-electron chi connectivity index (χ3n) is 3.53. The van der Waals surface area contributed by atoms with Gasteiger partial charge in [-0.1, -0.05) is 66.7 Å². The van der Waals surface area contributed by atoms with Gasteiger partial charge < -0.3 is 4.74 Å². The van der Waals surface area contributed by atoms with Crippen LogP contribution in [0.25, 0.3) is 0 Å². The molecular weight excluding hydrogens is 248 g/mol. The number of hydrogen-bond acceptors (Lipinski definition) is 2. The van der Waals surface area contributed by atoms with Crippen LogP contribution in [-0.2, 0) is 22.6 Å². The van der Waals surface area contributed by atoms with Crippen LogP contribution in [0.15, 0.2) is 66.7 Å². The lowest BCUT2D eigenvalue weighted by Gasteiger charge is -2.19. The summed E-state index contributed by atoms with van der Waals surface area (Å²) in [4.78, 5) is 12.3. The lowest BCUT2D eigenvalue weighted by molar-refractivity contribution is -0.145. The fraction of sp³-hybridized carbons (Fsp3) is 0.167. The quantitative estimate of drug-likeness (QED) is 0.625. The molecule has 2 aromatic rings. The minimum absolute atomic E-state index is 0.183. The number of hydrogen-bond donors (Lipinski definition) is 0. The smallest absolute Gasteiger partial charge is 0.317 e. The average Bonchev–Trinajstić information content (AvgIpc) is 2.53. The van der Waals surface area contributed by atoms with E-state index in [1.165, 1.54) is 5.56 Å². The van der Waals surface area contributed by atoms with Crippen LogP contribution >= 0.6 is 0 Å². The molecule has 2 nitrogen and oxygen atoms in total. The molecule has 0 aliphatic heterocycles. The van der Waals surface area contributed by atoms with Crippen molar-refractivity contribution in [3.63, 3.8) is 0 Å². The Morgan fingerprint density at radius 2 is 1.80 bits per heavy atom. The maximum Gasteiger partial charge on any atom is 0.317 e. The largest absolute Gasteiger partial charge is 0.460 e. The molecule has 0 amide bonds. The summed E-state index contributed by atoms with van der Waals surface area (Å²) in [6, 6.07) is 17.8. The highest BCUT2D eigenvalue weighted by atomic mass is 16.5. The molecule has 0 fully saturated rings. The molecule has 3 rings (SSSR count). The van der Waals surface area contributed by atoms with Gasteiger partial charge in [-0.05, 0) is 23.1 Å². The molecule has 0 radical (unpaired) electrons. The molecule has 0 saturated heterocycles. The first-order chi connectivity index (χ1) is 9.84. The van der Waals surface area contributed by atoms with Crippen molar-refractivity contribution >= 4 is 5.97 Å². The molecule has 20 heavy (non-hydrogen) atoms. The zero-order chi connectivity index (χ0) is 13.8. The highest BCUT2D eigenvalue weighted by molar-refractivity contribution is 5.81. The monoisotopic (exact) mass is 264 g/mol. The Morgan fingerprint density at radius 1 is 1.05 bits per heavy atom. The maximum absolute atomic E-state index is 12.3. The summed E-state index contributed by atoms with van der Waals surface area (Å²) in [6.45, 7) is 0.326. The number of benzene rings is 2. The lowest BCUT2D eigenvalue weighted by Crippen LogP contribution is -2.17.